The van der Waals surface area contributed by atoms with Crippen molar-refractivity contribution in [3.05, 3.63) is 72.9 Å². The number of hydrogen-bond donors (Lipinski definition) is 0. The van der Waals surface area contributed by atoms with Gasteiger partial charge in [-0.1, -0.05) is 61.8 Å². The second-order valence-corrected chi connectivity index (χ2v) is 4.40. The van der Waals surface area contributed by atoms with Gasteiger partial charge in [-0.3, -0.25) is 0 Å². The third kappa shape index (κ3) is 3.03. The second kappa shape index (κ2) is 6.02. The fraction of sp³-hybridized carbons (Fsp3) is 0.125. The summed E-state index contributed by atoms with van der Waals surface area (Å²) >= 11 is 0. The minimum atomic E-state index is -0.676. The summed E-state index contributed by atoms with van der Waals surface area (Å²) in [6, 6.07) is 0. The van der Waals surface area contributed by atoms with Gasteiger partial charge in [0.2, 0.25) is 0 Å². The molecule has 0 fully saturated rings. The van der Waals surface area contributed by atoms with Crippen molar-refractivity contribution < 1.29 is 19.4 Å². The van der Waals surface area contributed by atoms with Crippen molar-refractivity contribution in [1.82, 2.24) is 0 Å². The SMILES string of the molecule is C=C1C=CC=CC1C(=O)OOC(=O)C1C=CC=CC1=C. The number of hydrogen-bond acceptors (Lipinski definition) is 4. The smallest absolute Gasteiger partial charge is 0.246 e. The van der Waals surface area contributed by atoms with Crippen molar-refractivity contribution in [2.24, 2.45) is 11.8 Å². The highest BCUT2D eigenvalue weighted by atomic mass is 17.2. The molecule has 0 aromatic heterocycles. The molecule has 0 spiro atoms. The Morgan fingerprint density at radius 2 is 1.20 bits per heavy atom. The predicted octanol–water partition coefficient (Wildman–Crippen LogP) is 2.58. The van der Waals surface area contributed by atoms with Crippen molar-refractivity contribution in [3.63, 3.8) is 0 Å². The molecule has 0 bridgehead atoms. The average molecular weight is 270 g/mol. The molecule has 0 aromatic carbocycles. The zero-order chi connectivity index (χ0) is 14.5. The highest BCUT2D eigenvalue weighted by Crippen LogP contribution is 2.21. The van der Waals surface area contributed by atoms with Crippen LogP contribution in [-0.4, -0.2) is 11.9 Å². The van der Waals surface area contributed by atoms with E-state index in [1.807, 2.05) is 0 Å². The van der Waals surface area contributed by atoms with Gasteiger partial charge < -0.3 is 0 Å². The van der Waals surface area contributed by atoms with E-state index in [9.17, 15) is 9.59 Å². The van der Waals surface area contributed by atoms with Crippen molar-refractivity contribution in [2.75, 3.05) is 0 Å². The molecule has 0 aromatic rings. The van der Waals surface area contributed by atoms with Crippen molar-refractivity contribution >= 4 is 11.9 Å². The summed E-state index contributed by atoms with van der Waals surface area (Å²) in [5, 5.41) is 0. The van der Waals surface area contributed by atoms with Gasteiger partial charge in [0.05, 0.1) is 0 Å². The number of carbonyl (C=O) groups excluding carboxylic acids is 2. The molecule has 0 heterocycles. The van der Waals surface area contributed by atoms with E-state index < -0.39 is 23.8 Å². The maximum Gasteiger partial charge on any atom is 0.366 e. The van der Waals surface area contributed by atoms with Crippen LogP contribution in [0.5, 0.6) is 0 Å². The van der Waals surface area contributed by atoms with E-state index in [1.165, 1.54) is 0 Å². The van der Waals surface area contributed by atoms with E-state index in [1.54, 1.807) is 48.6 Å². The first-order valence-electron chi connectivity index (χ1n) is 6.09. The Morgan fingerprint density at radius 3 is 1.55 bits per heavy atom. The summed E-state index contributed by atoms with van der Waals surface area (Å²) in [7, 11) is 0. The fourth-order valence-corrected chi connectivity index (χ4v) is 1.81. The van der Waals surface area contributed by atoms with Crippen LogP contribution in [0.2, 0.25) is 0 Å². The molecular formula is C16H14O4. The van der Waals surface area contributed by atoms with Crippen LogP contribution in [0.15, 0.2) is 72.9 Å². The minimum Gasteiger partial charge on any atom is -0.246 e. The van der Waals surface area contributed by atoms with Crippen LogP contribution in [0.4, 0.5) is 0 Å². The molecule has 20 heavy (non-hydrogen) atoms. The molecule has 0 amide bonds. The van der Waals surface area contributed by atoms with E-state index >= 15 is 0 Å². The summed E-state index contributed by atoms with van der Waals surface area (Å²) < 4.78 is 0. The molecule has 2 aliphatic rings. The van der Waals surface area contributed by atoms with E-state index in [0.29, 0.717) is 11.1 Å². The summed E-state index contributed by atoms with van der Waals surface area (Å²) in [4.78, 5) is 32.7. The van der Waals surface area contributed by atoms with E-state index in [2.05, 4.69) is 22.9 Å². The largest absolute Gasteiger partial charge is 0.366 e. The molecule has 0 saturated heterocycles. The third-order valence-corrected chi connectivity index (χ3v) is 2.96. The summed E-state index contributed by atoms with van der Waals surface area (Å²) in [6.45, 7) is 7.46. The summed E-state index contributed by atoms with van der Waals surface area (Å²) in [5.41, 5.74) is 1.16. The molecule has 102 valence electrons. The van der Waals surface area contributed by atoms with Gasteiger partial charge in [-0.25, -0.2) is 19.4 Å². The Bertz CT molecular complexity index is 523. The highest BCUT2D eigenvalue weighted by molar-refractivity contribution is 5.82. The summed E-state index contributed by atoms with van der Waals surface area (Å²) in [5.74, 6) is -2.61. The van der Waals surface area contributed by atoms with Crippen molar-refractivity contribution in [1.29, 1.82) is 0 Å². The molecule has 2 rings (SSSR count). The molecule has 2 atom stereocenters. The Kier molecular flexibility index (Phi) is 4.15. The lowest BCUT2D eigenvalue weighted by Crippen LogP contribution is -2.24. The lowest BCUT2D eigenvalue weighted by Gasteiger charge is -2.15. The van der Waals surface area contributed by atoms with Crippen LogP contribution in [0.3, 0.4) is 0 Å². The minimum absolute atomic E-state index is 0.582. The molecule has 4 nitrogen and oxygen atoms in total. The topological polar surface area (TPSA) is 52.6 Å². The van der Waals surface area contributed by atoms with Crippen LogP contribution in [-0.2, 0) is 19.4 Å². The number of carbonyl (C=O) groups is 2. The van der Waals surface area contributed by atoms with Crippen molar-refractivity contribution in [2.45, 2.75) is 0 Å². The molecule has 0 N–H and O–H groups in total. The van der Waals surface area contributed by atoms with Crippen LogP contribution in [0, 0.1) is 11.8 Å². The predicted molar refractivity (Wildman–Crippen MR) is 74.0 cm³/mol. The standard InChI is InChI=1S/C16H14O4/c1-11-7-3-5-9-13(11)15(17)19-20-16(18)14-10-6-4-8-12(14)2/h3-10,13-14H,1-2H2. The Hall–Kier alpha value is -2.62. The zero-order valence-electron chi connectivity index (χ0n) is 10.8. The molecule has 2 aliphatic carbocycles. The first-order chi connectivity index (χ1) is 9.59. The van der Waals surface area contributed by atoms with E-state index in [0.717, 1.165) is 0 Å². The highest BCUT2D eigenvalue weighted by Gasteiger charge is 2.26. The van der Waals surface area contributed by atoms with Gasteiger partial charge in [0, 0.05) is 0 Å². The van der Waals surface area contributed by atoms with Gasteiger partial charge in [-0.05, 0) is 11.1 Å². The molecule has 0 aliphatic heterocycles. The van der Waals surface area contributed by atoms with E-state index in [4.69, 9.17) is 0 Å². The Labute approximate surface area is 117 Å². The molecule has 2 unspecified atom stereocenters. The average Bonchev–Trinajstić information content (AvgIpc) is 2.45. The first kappa shape index (κ1) is 13.8. The van der Waals surface area contributed by atoms with Gasteiger partial charge in [0.15, 0.2) is 0 Å². The zero-order valence-corrected chi connectivity index (χ0v) is 10.8. The van der Waals surface area contributed by atoms with Gasteiger partial charge in [0.25, 0.3) is 0 Å². The third-order valence-electron chi connectivity index (χ3n) is 2.96. The molecule has 0 saturated carbocycles. The molecule has 0 radical (unpaired) electrons. The fourth-order valence-electron chi connectivity index (χ4n) is 1.81. The maximum absolute atomic E-state index is 11.8. The van der Waals surface area contributed by atoms with Crippen LogP contribution < -0.4 is 0 Å². The van der Waals surface area contributed by atoms with Gasteiger partial charge in [-0.15, -0.1) is 0 Å². The number of rotatable bonds is 2. The molecule has 4 heteroatoms. The van der Waals surface area contributed by atoms with Crippen molar-refractivity contribution in [3.8, 4) is 0 Å². The maximum atomic E-state index is 11.8. The monoisotopic (exact) mass is 270 g/mol. The first-order valence-corrected chi connectivity index (χ1v) is 6.09. The Morgan fingerprint density at radius 1 is 0.800 bits per heavy atom. The van der Waals surface area contributed by atoms with Crippen LogP contribution >= 0.6 is 0 Å². The molecular weight excluding hydrogens is 256 g/mol. The van der Waals surface area contributed by atoms with E-state index in [-0.39, 0.29) is 0 Å². The normalized spacial score (nSPS) is 23.8. The second-order valence-electron chi connectivity index (χ2n) is 4.40. The summed E-state index contributed by atoms with van der Waals surface area (Å²) in [6.07, 6.45) is 13.6. The van der Waals surface area contributed by atoms with Gasteiger partial charge >= 0.3 is 11.9 Å². The number of allylic oxidation sites excluding steroid dienone is 6. The lowest BCUT2D eigenvalue weighted by atomic mass is 9.96. The van der Waals surface area contributed by atoms with Crippen LogP contribution in [0.25, 0.3) is 0 Å². The van der Waals surface area contributed by atoms with Gasteiger partial charge in [-0.2, -0.15) is 0 Å². The van der Waals surface area contributed by atoms with Crippen LogP contribution in [0.1, 0.15) is 0 Å². The Balaban J connectivity index is 1.89. The van der Waals surface area contributed by atoms with Gasteiger partial charge in [0.1, 0.15) is 11.8 Å². The quantitative estimate of drug-likeness (QED) is 0.571. The lowest BCUT2D eigenvalue weighted by molar-refractivity contribution is -0.261.